The third kappa shape index (κ3) is 6.20. The highest BCUT2D eigenvalue weighted by molar-refractivity contribution is 6.32. The molecule has 21 heavy (non-hydrogen) atoms. The van der Waals surface area contributed by atoms with E-state index in [1.54, 1.807) is 19.1 Å². The number of nitrogens with one attached hydrogen (secondary N) is 1. The molecule has 0 radical (unpaired) electrons. The van der Waals surface area contributed by atoms with Crippen LogP contribution in [0.25, 0.3) is 0 Å². The fraction of sp³-hybridized carbons (Fsp3) is 0.500. The molecule has 4 N–H and O–H groups in total. The van der Waals surface area contributed by atoms with Crippen molar-refractivity contribution in [3.63, 3.8) is 0 Å². The SMILES string of the molecule is CCOc1cc(CNC[C@@H](C)O)cc(Cl)c1OCC(N)=O. The lowest BCUT2D eigenvalue weighted by Gasteiger charge is -2.15. The molecule has 0 spiro atoms. The Kier molecular flexibility index (Phi) is 7.28. The Balaban J connectivity index is 2.86. The maximum absolute atomic E-state index is 10.8. The number of carbonyl (C=O) groups is 1. The van der Waals surface area contributed by atoms with Gasteiger partial charge in [-0.05, 0) is 31.5 Å². The average Bonchev–Trinajstić information content (AvgIpc) is 2.37. The second-order valence-electron chi connectivity index (χ2n) is 4.57. The van der Waals surface area contributed by atoms with Gasteiger partial charge in [0.05, 0.1) is 17.7 Å². The average molecular weight is 317 g/mol. The molecular formula is C14H21ClN2O4. The van der Waals surface area contributed by atoms with Crippen LogP contribution in [-0.4, -0.2) is 36.9 Å². The summed E-state index contributed by atoms with van der Waals surface area (Å²) >= 11 is 6.16. The van der Waals surface area contributed by atoms with E-state index in [-0.39, 0.29) is 6.61 Å². The van der Waals surface area contributed by atoms with Crippen molar-refractivity contribution >= 4 is 17.5 Å². The van der Waals surface area contributed by atoms with Gasteiger partial charge in [0.2, 0.25) is 0 Å². The second kappa shape index (κ2) is 8.71. The standard InChI is InChI=1S/C14H21ClN2O4/c1-3-20-12-5-10(7-17-6-9(2)18)4-11(15)14(12)21-8-13(16)19/h4-5,9,17-18H,3,6-8H2,1-2H3,(H2,16,19)/t9-/m1/s1. The number of benzene rings is 1. The first-order chi connectivity index (χ1) is 9.93. The summed E-state index contributed by atoms with van der Waals surface area (Å²) in [7, 11) is 0. The molecule has 6 nitrogen and oxygen atoms in total. The quantitative estimate of drug-likeness (QED) is 0.633. The molecular weight excluding hydrogens is 296 g/mol. The van der Waals surface area contributed by atoms with Crippen LogP contribution in [-0.2, 0) is 11.3 Å². The number of carbonyl (C=O) groups excluding carboxylic acids is 1. The van der Waals surface area contributed by atoms with Crippen LogP contribution in [0.1, 0.15) is 19.4 Å². The lowest BCUT2D eigenvalue weighted by molar-refractivity contribution is -0.119. The highest BCUT2D eigenvalue weighted by Crippen LogP contribution is 2.36. The maximum Gasteiger partial charge on any atom is 0.255 e. The van der Waals surface area contributed by atoms with E-state index in [1.807, 2.05) is 6.92 Å². The summed E-state index contributed by atoms with van der Waals surface area (Å²) in [5.74, 6) is 0.174. The zero-order chi connectivity index (χ0) is 15.8. The van der Waals surface area contributed by atoms with Crippen LogP contribution in [0.3, 0.4) is 0 Å². The third-order valence-corrected chi connectivity index (χ3v) is 2.78. The van der Waals surface area contributed by atoms with E-state index in [1.165, 1.54) is 0 Å². The number of hydrogen-bond donors (Lipinski definition) is 3. The minimum Gasteiger partial charge on any atom is -0.490 e. The number of nitrogens with two attached hydrogens (primary N) is 1. The van der Waals surface area contributed by atoms with E-state index in [9.17, 15) is 9.90 Å². The number of aliphatic hydroxyl groups is 1. The molecule has 1 rings (SSSR count). The number of halogens is 1. The molecule has 0 aliphatic rings. The molecule has 0 aromatic heterocycles. The molecule has 0 saturated heterocycles. The van der Waals surface area contributed by atoms with Gasteiger partial charge in [-0.25, -0.2) is 0 Å². The van der Waals surface area contributed by atoms with Crippen molar-refractivity contribution in [1.29, 1.82) is 0 Å². The number of aliphatic hydroxyl groups excluding tert-OH is 1. The van der Waals surface area contributed by atoms with Crippen molar-refractivity contribution in [3.05, 3.63) is 22.7 Å². The maximum atomic E-state index is 10.8. The van der Waals surface area contributed by atoms with Crippen LogP contribution in [0.2, 0.25) is 5.02 Å². The number of ether oxygens (including phenoxy) is 2. The molecule has 118 valence electrons. The first-order valence-corrected chi connectivity index (χ1v) is 7.07. The molecule has 7 heteroatoms. The third-order valence-electron chi connectivity index (χ3n) is 2.50. The summed E-state index contributed by atoms with van der Waals surface area (Å²) in [4.78, 5) is 10.8. The van der Waals surface area contributed by atoms with Gasteiger partial charge in [0.1, 0.15) is 0 Å². The minimum absolute atomic E-state index is 0.264. The van der Waals surface area contributed by atoms with E-state index in [4.69, 9.17) is 26.8 Å². The molecule has 0 heterocycles. The molecule has 1 aromatic carbocycles. The zero-order valence-corrected chi connectivity index (χ0v) is 12.9. The van der Waals surface area contributed by atoms with Gasteiger partial charge in [0.25, 0.3) is 5.91 Å². The largest absolute Gasteiger partial charge is 0.490 e. The summed E-state index contributed by atoms with van der Waals surface area (Å²) in [6.45, 7) is 4.71. The van der Waals surface area contributed by atoms with E-state index < -0.39 is 12.0 Å². The summed E-state index contributed by atoms with van der Waals surface area (Å²) in [6, 6.07) is 3.50. The summed E-state index contributed by atoms with van der Waals surface area (Å²) < 4.78 is 10.8. The second-order valence-corrected chi connectivity index (χ2v) is 4.98. The van der Waals surface area contributed by atoms with Gasteiger partial charge < -0.3 is 25.6 Å². The topological polar surface area (TPSA) is 93.8 Å². The van der Waals surface area contributed by atoms with Crippen LogP contribution in [0.5, 0.6) is 11.5 Å². The highest BCUT2D eigenvalue weighted by Gasteiger charge is 2.13. The molecule has 0 bridgehead atoms. The van der Waals surface area contributed by atoms with Crippen LogP contribution in [0.4, 0.5) is 0 Å². The molecule has 0 unspecified atom stereocenters. The summed E-state index contributed by atoms with van der Waals surface area (Å²) in [6.07, 6.45) is -0.426. The predicted octanol–water partition coefficient (Wildman–Crippen LogP) is 1.07. The van der Waals surface area contributed by atoms with Gasteiger partial charge in [-0.2, -0.15) is 0 Å². The first kappa shape index (κ1) is 17.6. The molecule has 1 aromatic rings. The predicted molar refractivity (Wildman–Crippen MR) is 80.7 cm³/mol. The Hall–Kier alpha value is -1.50. The number of rotatable bonds is 9. The van der Waals surface area contributed by atoms with Crippen molar-refractivity contribution in [2.75, 3.05) is 19.8 Å². The highest BCUT2D eigenvalue weighted by atomic mass is 35.5. The zero-order valence-electron chi connectivity index (χ0n) is 12.2. The van der Waals surface area contributed by atoms with Crippen LogP contribution in [0, 0.1) is 0 Å². The number of primary amides is 1. The van der Waals surface area contributed by atoms with Gasteiger partial charge >= 0.3 is 0 Å². The van der Waals surface area contributed by atoms with Crippen molar-refractivity contribution in [2.24, 2.45) is 5.73 Å². The molecule has 0 aliphatic carbocycles. The molecule has 0 aliphatic heterocycles. The summed E-state index contributed by atoms with van der Waals surface area (Å²) in [5, 5.41) is 12.6. The number of hydrogen-bond acceptors (Lipinski definition) is 5. The van der Waals surface area contributed by atoms with Crippen molar-refractivity contribution in [2.45, 2.75) is 26.5 Å². The van der Waals surface area contributed by atoms with Gasteiger partial charge in [-0.3, -0.25) is 4.79 Å². The van der Waals surface area contributed by atoms with E-state index in [0.29, 0.717) is 36.2 Å². The van der Waals surface area contributed by atoms with Crippen LogP contribution in [0.15, 0.2) is 12.1 Å². The Labute approximate surface area is 129 Å². The Morgan fingerprint density at radius 3 is 2.76 bits per heavy atom. The smallest absolute Gasteiger partial charge is 0.255 e. The van der Waals surface area contributed by atoms with Crippen LogP contribution < -0.4 is 20.5 Å². The fourth-order valence-corrected chi connectivity index (χ4v) is 1.98. The van der Waals surface area contributed by atoms with Gasteiger partial charge in [0.15, 0.2) is 18.1 Å². The van der Waals surface area contributed by atoms with Crippen molar-refractivity contribution in [3.8, 4) is 11.5 Å². The molecule has 0 saturated carbocycles. The Morgan fingerprint density at radius 1 is 1.48 bits per heavy atom. The van der Waals surface area contributed by atoms with Gasteiger partial charge in [-0.15, -0.1) is 0 Å². The van der Waals surface area contributed by atoms with E-state index >= 15 is 0 Å². The lowest BCUT2D eigenvalue weighted by atomic mass is 10.2. The minimum atomic E-state index is -0.587. The van der Waals surface area contributed by atoms with Crippen molar-refractivity contribution in [1.82, 2.24) is 5.32 Å². The van der Waals surface area contributed by atoms with E-state index in [0.717, 1.165) is 5.56 Å². The lowest BCUT2D eigenvalue weighted by Crippen LogP contribution is -2.24. The summed E-state index contributed by atoms with van der Waals surface area (Å²) in [5.41, 5.74) is 5.94. The fourth-order valence-electron chi connectivity index (χ4n) is 1.70. The first-order valence-electron chi connectivity index (χ1n) is 6.69. The van der Waals surface area contributed by atoms with Gasteiger partial charge in [0, 0.05) is 13.1 Å². The molecule has 0 fully saturated rings. The van der Waals surface area contributed by atoms with Gasteiger partial charge in [-0.1, -0.05) is 11.6 Å². The normalized spacial score (nSPS) is 12.0. The number of amides is 1. The molecule has 1 atom stereocenters. The monoisotopic (exact) mass is 316 g/mol. The Morgan fingerprint density at radius 2 is 2.19 bits per heavy atom. The Bertz CT molecular complexity index is 480. The molecule has 1 amide bonds. The van der Waals surface area contributed by atoms with Crippen LogP contribution >= 0.6 is 11.6 Å². The van der Waals surface area contributed by atoms with E-state index in [2.05, 4.69) is 5.32 Å². The van der Waals surface area contributed by atoms with Crippen molar-refractivity contribution < 1.29 is 19.4 Å².